The van der Waals surface area contributed by atoms with Crippen molar-refractivity contribution in [2.45, 2.75) is 27.3 Å². The number of carbonyl (C=O) groups is 2. The molecule has 0 atom stereocenters. The first-order valence-electron chi connectivity index (χ1n) is 14.0. The van der Waals surface area contributed by atoms with E-state index in [0.29, 0.717) is 17.9 Å². The largest absolute Gasteiger partial charge is 0.368 e. The average molecular weight is 568 g/mol. The van der Waals surface area contributed by atoms with Crippen LogP contribution in [0.1, 0.15) is 27.4 Å². The zero-order valence-electron chi connectivity index (χ0n) is 24.2. The van der Waals surface area contributed by atoms with Crippen LogP contribution in [0.4, 0.5) is 17.2 Å². The summed E-state index contributed by atoms with van der Waals surface area (Å²) in [5, 5.41) is 2.84. The second kappa shape index (κ2) is 12.6. The molecular weight excluding hydrogens is 530 g/mol. The number of nitrogens with zero attached hydrogens (tertiary/aromatic N) is 4. The number of carbonyl (C=O) groups excluding carboxylic acids is 2. The average Bonchev–Trinajstić information content (AvgIpc) is 3.31. The zero-order chi connectivity index (χ0) is 28.9. The van der Waals surface area contributed by atoms with Crippen molar-refractivity contribution in [2.24, 2.45) is 0 Å². The lowest BCUT2D eigenvalue weighted by Gasteiger charge is -2.37. The predicted molar refractivity (Wildman–Crippen MR) is 171 cm³/mol. The molecule has 5 rings (SSSR count). The fraction of sp³-hybridized carbons (Fsp3) is 0.303. The van der Waals surface area contributed by atoms with Crippen molar-refractivity contribution < 1.29 is 9.59 Å². The number of hydrogen-bond acceptors (Lipinski definition) is 6. The summed E-state index contributed by atoms with van der Waals surface area (Å²) in [6, 6.07) is 23.8. The quantitative estimate of drug-likeness (QED) is 0.198. The van der Waals surface area contributed by atoms with E-state index in [0.717, 1.165) is 66.0 Å². The molecule has 3 heterocycles. The van der Waals surface area contributed by atoms with Crippen LogP contribution in [0.25, 0.3) is 11.1 Å². The summed E-state index contributed by atoms with van der Waals surface area (Å²) in [6.07, 6.45) is 2.04. The molecule has 0 unspecified atom stereocenters. The highest BCUT2D eigenvalue weighted by Gasteiger charge is 2.26. The Balaban J connectivity index is 1.27. The van der Waals surface area contributed by atoms with E-state index in [1.165, 1.54) is 5.56 Å². The molecule has 1 fully saturated rings. The highest BCUT2D eigenvalue weighted by molar-refractivity contribution is 7.98. The van der Waals surface area contributed by atoms with E-state index in [1.807, 2.05) is 85.3 Å². The minimum Gasteiger partial charge on any atom is -0.368 e. The van der Waals surface area contributed by atoms with Gasteiger partial charge in [0.2, 0.25) is 0 Å². The molecule has 7 nitrogen and oxygen atoms in total. The maximum absolute atomic E-state index is 13.6. The molecule has 0 radical (unpaired) electrons. The van der Waals surface area contributed by atoms with E-state index in [4.69, 9.17) is 4.98 Å². The first-order valence-corrected chi connectivity index (χ1v) is 15.4. The molecule has 41 heavy (non-hydrogen) atoms. The third kappa shape index (κ3) is 6.49. The fourth-order valence-corrected chi connectivity index (χ4v) is 5.82. The van der Waals surface area contributed by atoms with Crippen LogP contribution < -0.4 is 15.1 Å². The van der Waals surface area contributed by atoms with E-state index in [2.05, 4.69) is 34.2 Å². The number of ketones is 1. The van der Waals surface area contributed by atoms with Crippen molar-refractivity contribution in [1.29, 1.82) is 0 Å². The molecule has 2 aromatic carbocycles. The number of amides is 1. The number of anilines is 3. The number of benzene rings is 2. The number of piperazine rings is 1. The third-order valence-electron chi connectivity index (χ3n) is 7.51. The van der Waals surface area contributed by atoms with Crippen molar-refractivity contribution in [2.75, 3.05) is 53.3 Å². The van der Waals surface area contributed by atoms with Gasteiger partial charge in [0.1, 0.15) is 11.5 Å². The maximum atomic E-state index is 13.6. The van der Waals surface area contributed by atoms with Crippen LogP contribution in [0.3, 0.4) is 0 Å². The fourth-order valence-electron chi connectivity index (χ4n) is 5.46. The monoisotopic (exact) mass is 567 g/mol. The van der Waals surface area contributed by atoms with Crippen molar-refractivity contribution in [1.82, 2.24) is 9.55 Å². The van der Waals surface area contributed by atoms with Crippen LogP contribution in [-0.2, 0) is 11.3 Å². The third-order valence-corrected chi connectivity index (χ3v) is 8.10. The van der Waals surface area contributed by atoms with Crippen molar-refractivity contribution in [3.8, 4) is 11.1 Å². The van der Waals surface area contributed by atoms with E-state index < -0.39 is 11.7 Å². The SMILES string of the molecule is CSCCn1c(C)cc(-c2ccccc2)c1C(=O)C(=O)Nc1ccc(N2CCN(c3cc(C)cc(C)n3)CC2)cc1. The predicted octanol–water partition coefficient (Wildman–Crippen LogP) is 5.99. The molecule has 0 saturated carbocycles. The second-order valence-corrected chi connectivity index (χ2v) is 11.5. The number of pyridine rings is 1. The lowest BCUT2D eigenvalue weighted by atomic mass is 10.0. The van der Waals surface area contributed by atoms with Crippen LogP contribution in [-0.4, -0.2) is 59.4 Å². The summed E-state index contributed by atoms with van der Waals surface area (Å²) in [5.74, 6) is 0.726. The van der Waals surface area contributed by atoms with Crippen LogP contribution >= 0.6 is 11.8 Å². The van der Waals surface area contributed by atoms with Crippen molar-refractivity contribution in [3.63, 3.8) is 0 Å². The number of aromatic nitrogens is 2. The summed E-state index contributed by atoms with van der Waals surface area (Å²) in [6.45, 7) is 10.3. The topological polar surface area (TPSA) is 70.5 Å². The van der Waals surface area contributed by atoms with Gasteiger partial charge in [-0.1, -0.05) is 30.3 Å². The number of rotatable bonds is 9. The molecule has 4 aromatic rings. The number of nitrogens with one attached hydrogen (secondary N) is 1. The first kappa shape index (κ1) is 28.5. The molecule has 0 spiro atoms. The zero-order valence-corrected chi connectivity index (χ0v) is 25.0. The molecule has 1 amide bonds. The number of aryl methyl sites for hydroxylation is 3. The summed E-state index contributed by atoms with van der Waals surface area (Å²) in [7, 11) is 0. The van der Waals surface area contributed by atoms with E-state index in [1.54, 1.807) is 11.8 Å². The summed E-state index contributed by atoms with van der Waals surface area (Å²) >= 11 is 1.71. The van der Waals surface area contributed by atoms with E-state index in [9.17, 15) is 9.59 Å². The standard InChI is InChI=1S/C33H37N5O2S/c1-23-20-24(2)34-30(21-23)37-16-14-36(15-17-37)28-12-10-27(11-13-28)35-33(40)32(39)31-29(26-8-6-5-7-9-26)22-25(3)38(31)18-19-41-4/h5-13,20-22H,14-19H2,1-4H3,(H,35,40). The lowest BCUT2D eigenvalue weighted by molar-refractivity contribution is -0.112. The maximum Gasteiger partial charge on any atom is 0.298 e. The Kier molecular flexibility index (Phi) is 8.78. The Labute approximate surface area is 246 Å². The van der Waals surface area contributed by atoms with E-state index in [-0.39, 0.29) is 0 Å². The minimum absolute atomic E-state index is 0.438. The van der Waals surface area contributed by atoms with Gasteiger partial charge in [-0.3, -0.25) is 9.59 Å². The van der Waals surface area contributed by atoms with Crippen LogP contribution in [0.2, 0.25) is 0 Å². The number of thioether (sulfide) groups is 1. The normalized spacial score (nSPS) is 13.4. The number of hydrogen-bond donors (Lipinski definition) is 1. The van der Waals surface area contributed by atoms with Gasteiger partial charge in [0.05, 0.1) is 0 Å². The van der Waals surface area contributed by atoms with Crippen LogP contribution in [0.15, 0.2) is 72.8 Å². The molecule has 1 aliphatic heterocycles. The number of Topliss-reactive ketones (excluding diaryl/α,β-unsaturated/α-hetero) is 1. The highest BCUT2D eigenvalue weighted by atomic mass is 32.2. The van der Waals surface area contributed by atoms with Gasteiger partial charge in [-0.2, -0.15) is 11.8 Å². The molecule has 212 valence electrons. The van der Waals surface area contributed by atoms with Gasteiger partial charge in [-0.05, 0) is 80.6 Å². The van der Waals surface area contributed by atoms with Crippen molar-refractivity contribution in [3.05, 3.63) is 95.4 Å². The lowest BCUT2D eigenvalue weighted by Crippen LogP contribution is -2.46. The van der Waals surface area contributed by atoms with Gasteiger partial charge in [0.25, 0.3) is 11.7 Å². The molecular formula is C33H37N5O2S. The Morgan fingerprint density at radius 3 is 2.22 bits per heavy atom. The molecule has 8 heteroatoms. The summed E-state index contributed by atoms with van der Waals surface area (Å²) in [4.78, 5) is 36.2. The van der Waals surface area contributed by atoms with Crippen LogP contribution in [0, 0.1) is 20.8 Å². The Morgan fingerprint density at radius 2 is 1.56 bits per heavy atom. The second-order valence-electron chi connectivity index (χ2n) is 10.5. The highest BCUT2D eigenvalue weighted by Crippen LogP contribution is 2.29. The molecule has 0 aliphatic carbocycles. The molecule has 2 aromatic heterocycles. The Hall–Kier alpha value is -4.04. The molecule has 1 aliphatic rings. The van der Waals surface area contributed by atoms with E-state index >= 15 is 0 Å². The molecule has 1 N–H and O–H groups in total. The van der Waals surface area contributed by atoms with Crippen LogP contribution in [0.5, 0.6) is 0 Å². The molecule has 0 bridgehead atoms. The van der Waals surface area contributed by atoms with Gasteiger partial charge >= 0.3 is 0 Å². The van der Waals surface area contributed by atoms with Gasteiger partial charge in [-0.15, -0.1) is 0 Å². The Bertz CT molecular complexity index is 1500. The Morgan fingerprint density at radius 1 is 0.878 bits per heavy atom. The summed E-state index contributed by atoms with van der Waals surface area (Å²) in [5.41, 5.74) is 7.08. The molecule has 1 saturated heterocycles. The van der Waals surface area contributed by atoms with Gasteiger partial charge in [0, 0.05) is 66.8 Å². The van der Waals surface area contributed by atoms with Gasteiger partial charge < -0.3 is 19.7 Å². The minimum atomic E-state index is -0.631. The van der Waals surface area contributed by atoms with Crippen molar-refractivity contribution >= 4 is 40.6 Å². The van der Waals surface area contributed by atoms with Gasteiger partial charge in [0.15, 0.2) is 0 Å². The summed E-state index contributed by atoms with van der Waals surface area (Å²) < 4.78 is 1.97. The van der Waals surface area contributed by atoms with Gasteiger partial charge in [-0.25, -0.2) is 4.98 Å². The smallest absolute Gasteiger partial charge is 0.298 e. The first-order chi connectivity index (χ1) is 19.8.